The molecule has 0 bridgehead atoms. The lowest BCUT2D eigenvalue weighted by Gasteiger charge is -1.95. The largest absolute Gasteiger partial charge is 0.385 e. The highest BCUT2D eigenvalue weighted by atomic mass is 16.3. The van der Waals surface area contributed by atoms with E-state index in [-0.39, 0.29) is 0 Å². The van der Waals surface area contributed by atoms with Crippen LogP contribution in [0.25, 0.3) is 11.2 Å². The zero-order chi connectivity index (χ0) is 9.42. The number of rotatable bonds is 1. The molecule has 0 aliphatic carbocycles. The number of pyridine rings is 1. The number of aliphatic hydroxyl groups excluding tert-OH is 1. The normalized spacial score (nSPS) is 13.5. The number of aromatic amines is 1. The van der Waals surface area contributed by atoms with Crippen LogP contribution in [0.2, 0.25) is 0 Å². The topological polar surface area (TPSA) is 61.8 Å². The summed E-state index contributed by atoms with van der Waals surface area (Å²) in [5, 5.41) is 9.29. The first kappa shape index (κ1) is 8.19. The third-order valence-electron chi connectivity index (χ3n) is 2.01. The van der Waals surface area contributed by atoms with Crippen molar-refractivity contribution in [3.63, 3.8) is 0 Å². The molecule has 2 heterocycles. The average molecular weight is 177 g/mol. The Bertz CT molecular complexity index is 433. The summed E-state index contributed by atoms with van der Waals surface area (Å²) < 4.78 is 0. The molecular formula is C9H11N3O. The molecule has 0 spiro atoms. The summed E-state index contributed by atoms with van der Waals surface area (Å²) in [5.41, 5.74) is 2.65. The number of fused-ring (bicyclic) bond motifs is 1. The lowest BCUT2D eigenvalue weighted by Crippen LogP contribution is -1.92. The van der Waals surface area contributed by atoms with Crippen molar-refractivity contribution in [3.05, 3.63) is 23.7 Å². The van der Waals surface area contributed by atoms with Gasteiger partial charge in [0.2, 0.25) is 0 Å². The second-order valence-electron chi connectivity index (χ2n) is 3.12. The van der Waals surface area contributed by atoms with Crippen LogP contribution < -0.4 is 0 Å². The average Bonchev–Trinajstić information content (AvgIpc) is 2.49. The molecule has 0 unspecified atom stereocenters. The standard InChI is InChI=1S/C9H11N3O/c1-5-3-4-10-9-7(5)11-8(12-9)6(2)13/h3-4,6,13H,1-2H3,(H,10,11,12)/t6-/m0/s1. The smallest absolute Gasteiger partial charge is 0.178 e. The Labute approximate surface area is 75.7 Å². The summed E-state index contributed by atoms with van der Waals surface area (Å²) in [4.78, 5) is 11.3. The highest BCUT2D eigenvalue weighted by Gasteiger charge is 2.08. The number of nitrogens with zero attached hydrogens (tertiary/aromatic N) is 2. The Kier molecular flexibility index (Phi) is 1.77. The Balaban J connectivity index is 2.68. The Hall–Kier alpha value is -1.42. The van der Waals surface area contributed by atoms with Gasteiger partial charge in [-0.05, 0) is 25.5 Å². The fourth-order valence-corrected chi connectivity index (χ4v) is 1.25. The number of hydrogen-bond donors (Lipinski definition) is 2. The van der Waals surface area contributed by atoms with Crippen LogP contribution in [0, 0.1) is 6.92 Å². The molecule has 0 amide bonds. The lowest BCUT2D eigenvalue weighted by atomic mass is 10.3. The predicted molar refractivity (Wildman–Crippen MR) is 49.3 cm³/mol. The first-order valence-electron chi connectivity index (χ1n) is 4.18. The second kappa shape index (κ2) is 2.81. The van der Waals surface area contributed by atoms with Crippen molar-refractivity contribution in [2.24, 2.45) is 0 Å². The van der Waals surface area contributed by atoms with Crippen LogP contribution in [0.5, 0.6) is 0 Å². The number of hydrogen-bond acceptors (Lipinski definition) is 3. The van der Waals surface area contributed by atoms with Gasteiger partial charge in [-0.15, -0.1) is 0 Å². The molecule has 68 valence electrons. The fraction of sp³-hybridized carbons (Fsp3) is 0.333. The zero-order valence-corrected chi connectivity index (χ0v) is 7.57. The van der Waals surface area contributed by atoms with Gasteiger partial charge in [-0.2, -0.15) is 0 Å². The van der Waals surface area contributed by atoms with E-state index in [9.17, 15) is 5.11 Å². The number of nitrogens with one attached hydrogen (secondary N) is 1. The number of aromatic nitrogens is 3. The van der Waals surface area contributed by atoms with Gasteiger partial charge in [0, 0.05) is 6.20 Å². The minimum absolute atomic E-state index is 0.566. The lowest BCUT2D eigenvalue weighted by molar-refractivity contribution is 0.190. The Morgan fingerprint density at radius 1 is 1.54 bits per heavy atom. The van der Waals surface area contributed by atoms with Gasteiger partial charge >= 0.3 is 0 Å². The monoisotopic (exact) mass is 177 g/mol. The van der Waals surface area contributed by atoms with Crippen LogP contribution in [0.15, 0.2) is 12.3 Å². The van der Waals surface area contributed by atoms with Crippen LogP contribution in [0.4, 0.5) is 0 Å². The van der Waals surface area contributed by atoms with Crippen molar-refractivity contribution < 1.29 is 5.11 Å². The molecule has 1 atom stereocenters. The summed E-state index contributed by atoms with van der Waals surface area (Å²) in [6.45, 7) is 3.65. The molecule has 13 heavy (non-hydrogen) atoms. The van der Waals surface area contributed by atoms with E-state index in [1.807, 2.05) is 13.0 Å². The van der Waals surface area contributed by atoms with E-state index in [0.29, 0.717) is 11.5 Å². The first-order chi connectivity index (χ1) is 6.18. The van der Waals surface area contributed by atoms with Crippen molar-refractivity contribution >= 4 is 11.2 Å². The van der Waals surface area contributed by atoms with Crippen LogP contribution in [-0.2, 0) is 0 Å². The van der Waals surface area contributed by atoms with Crippen molar-refractivity contribution in [2.45, 2.75) is 20.0 Å². The molecule has 0 aliphatic heterocycles. The molecule has 2 N–H and O–H groups in total. The summed E-state index contributed by atoms with van der Waals surface area (Å²) in [6, 6.07) is 1.91. The van der Waals surface area contributed by atoms with Crippen LogP contribution in [0.1, 0.15) is 24.4 Å². The predicted octanol–water partition coefficient (Wildman–Crippen LogP) is 1.32. The molecule has 0 saturated heterocycles. The second-order valence-corrected chi connectivity index (χ2v) is 3.12. The third kappa shape index (κ3) is 1.29. The van der Waals surface area contributed by atoms with Crippen molar-refractivity contribution in [1.29, 1.82) is 0 Å². The maximum absolute atomic E-state index is 9.29. The Morgan fingerprint density at radius 2 is 2.31 bits per heavy atom. The van der Waals surface area contributed by atoms with Gasteiger partial charge in [0.05, 0.1) is 5.52 Å². The van der Waals surface area contributed by atoms with Gasteiger partial charge < -0.3 is 10.1 Å². The van der Waals surface area contributed by atoms with Gasteiger partial charge in [0.15, 0.2) is 5.65 Å². The van der Waals surface area contributed by atoms with E-state index >= 15 is 0 Å². The summed E-state index contributed by atoms with van der Waals surface area (Å²) in [5.74, 6) is 0.566. The molecule has 2 rings (SSSR count). The highest BCUT2D eigenvalue weighted by molar-refractivity contribution is 5.74. The number of H-pyrrole nitrogens is 1. The molecule has 0 aliphatic rings. The maximum atomic E-state index is 9.29. The fourth-order valence-electron chi connectivity index (χ4n) is 1.25. The molecular weight excluding hydrogens is 166 g/mol. The van der Waals surface area contributed by atoms with Crippen LogP contribution in [0.3, 0.4) is 0 Å². The number of aryl methyl sites for hydroxylation is 1. The van der Waals surface area contributed by atoms with Crippen LogP contribution >= 0.6 is 0 Å². The van der Waals surface area contributed by atoms with Crippen molar-refractivity contribution in [1.82, 2.24) is 15.0 Å². The maximum Gasteiger partial charge on any atom is 0.178 e. The van der Waals surface area contributed by atoms with E-state index in [0.717, 1.165) is 11.1 Å². The van der Waals surface area contributed by atoms with Gasteiger partial charge in [-0.3, -0.25) is 0 Å². The van der Waals surface area contributed by atoms with E-state index in [1.165, 1.54) is 0 Å². The number of aliphatic hydroxyl groups is 1. The van der Waals surface area contributed by atoms with Gasteiger partial charge in [-0.25, -0.2) is 9.97 Å². The Morgan fingerprint density at radius 3 is 2.92 bits per heavy atom. The zero-order valence-electron chi connectivity index (χ0n) is 7.57. The molecule has 0 radical (unpaired) electrons. The summed E-state index contributed by atoms with van der Waals surface area (Å²) in [6.07, 6.45) is 1.14. The van der Waals surface area contributed by atoms with Gasteiger partial charge in [0.1, 0.15) is 11.9 Å². The number of imidazole rings is 1. The van der Waals surface area contributed by atoms with Gasteiger partial charge in [-0.1, -0.05) is 0 Å². The third-order valence-corrected chi connectivity index (χ3v) is 2.01. The SMILES string of the molecule is Cc1ccnc2nc([C@H](C)O)[nH]c12. The quantitative estimate of drug-likeness (QED) is 0.690. The van der Waals surface area contributed by atoms with Gasteiger partial charge in [0.25, 0.3) is 0 Å². The van der Waals surface area contributed by atoms with Crippen LogP contribution in [-0.4, -0.2) is 20.1 Å². The molecule has 2 aromatic heterocycles. The van der Waals surface area contributed by atoms with E-state index < -0.39 is 6.10 Å². The molecule has 4 heteroatoms. The van der Waals surface area contributed by atoms with E-state index in [4.69, 9.17) is 0 Å². The highest BCUT2D eigenvalue weighted by Crippen LogP contribution is 2.16. The minimum atomic E-state index is -0.575. The van der Waals surface area contributed by atoms with Crippen molar-refractivity contribution in [3.8, 4) is 0 Å². The molecule has 0 aromatic carbocycles. The molecule has 0 fully saturated rings. The van der Waals surface area contributed by atoms with E-state index in [1.54, 1.807) is 13.1 Å². The first-order valence-corrected chi connectivity index (χ1v) is 4.18. The molecule has 4 nitrogen and oxygen atoms in total. The van der Waals surface area contributed by atoms with E-state index in [2.05, 4.69) is 15.0 Å². The molecule has 0 saturated carbocycles. The summed E-state index contributed by atoms with van der Waals surface area (Å²) in [7, 11) is 0. The van der Waals surface area contributed by atoms with Crippen molar-refractivity contribution in [2.75, 3.05) is 0 Å². The molecule has 2 aromatic rings. The minimum Gasteiger partial charge on any atom is -0.385 e. The summed E-state index contributed by atoms with van der Waals surface area (Å²) >= 11 is 0.